The summed E-state index contributed by atoms with van der Waals surface area (Å²) in [6.45, 7) is 0. The molecule has 0 saturated heterocycles. The molecule has 0 spiro atoms. The van der Waals surface area contributed by atoms with E-state index in [1.807, 2.05) is 10.6 Å². The molecule has 0 bridgehead atoms. The molecular weight excluding hydrogens is 649 g/mol. The minimum atomic E-state index is -0.584. The van der Waals surface area contributed by atoms with Gasteiger partial charge in [0, 0.05) is 23.5 Å². The van der Waals surface area contributed by atoms with Gasteiger partial charge in [-0.3, -0.25) is 8.80 Å². The van der Waals surface area contributed by atoms with Crippen molar-refractivity contribution in [3.63, 3.8) is 0 Å². The first-order chi connectivity index (χ1) is 19.8. The minimum absolute atomic E-state index is 0.0909. The first kappa shape index (κ1) is 27.9. The number of aromatic nitrogens is 6. The van der Waals surface area contributed by atoms with Crippen LogP contribution in [0.2, 0.25) is 0 Å². The Morgan fingerprint density at radius 3 is 1.66 bits per heavy atom. The van der Waals surface area contributed by atoms with Gasteiger partial charge in [-0.2, -0.15) is 0 Å². The summed E-state index contributed by atoms with van der Waals surface area (Å²) in [6.07, 6.45) is 6.64. The van der Waals surface area contributed by atoms with Gasteiger partial charge in [0.1, 0.15) is 38.0 Å². The van der Waals surface area contributed by atoms with Crippen LogP contribution < -0.4 is 9.47 Å². The van der Waals surface area contributed by atoms with Crippen molar-refractivity contribution in [3.8, 4) is 34.5 Å². The molecule has 4 aromatic heterocycles. The molecular formula is C28H21F2IN6O4. The fraction of sp³-hybridized carbons (Fsp3) is 0.107. The van der Waals surface area contributed by atoms with Crippen LogP contribution in [0, 0.1) is 15.3 Å². The number of halogens is 3. The highest BCUT2D eigenvalue weighted by molar-refractivity contribution is 14.1. The van der Waals surface area contributed by atoms with Gasteiger partial charge in [0.2, 0.25) is 11.8 Å². The van der Waals surface area contributed by atoms with E-state index in [0.717, 1.165) is 20.6 Å². The van der Waals surface area contributed by atoms with Gasteiger partial charge in [-0.05, 0) is 71.1 Å². The van der Waals surface area contributed by atoms with E-state index in [2.05, 4.69) is 47.3 Å². The number of rotatable bonds is 5. The summed E-state index contributed by atoms with van der Waals surface area (Å²) in [7, 11) is 4.30. The predicted molar refractivity (Wildman–Crippen MR) is 154 cm³/mol. The normalized spacial score (nSPS) is 10.8. The maximum Gasteiger partial charge on any atom is 0.358 e. The molecule has 0 fully saturated rings. The van der Waals surface area contributed by atoms with E-state index < -0.39 is 5.97 Å². The van der Waals surface area contributed by atoms with Crippen molar-refractivity contribution in [1.82, 2.24) is 28.7 Å². The predicted octanol–water partition coefficient (Wildman–Crippen LogP) is 5.48. The van der Waals surface area contributed by atoms with Crippen LogP contribution in [0.5, 0.6) is 11.8 Å². The van der Waals surface area contributed by atoms with Crippen LogP contribution in [-0.4, -0.2) is 56.0 Å². The van der Waals surface area contributed by atoms with Crippen LogP contribution in [0.4, 0.5) is 8.78 Å². The Morgan fingerprint density at radius 2 is 1.20 bits per heavy atom. The van der Waals surface area contributed by atoms with Crippen LogP contribution in [0.25, 0.3) is 33.8 Å². The molecule has 6 rings (SSSR count). The number of ether oxygens (including phenoxy) is 3. The number of esters is 1. The first-order valence-electron chi connectivity index (χ1n) is 11.9. The molecule has 0 aliphatic rings. The van der Waals surface area contributed by atoms with Gasteiger partial charge in [0.05, 0.1) is 33.7 Å². The van der Waals surface area contributed by atoms with E-state index in [0.29, 0.717) is 22.8 Å². The van der Waals surface area contributed by atoms with Gasteiger partial charge >= 0.3 is 5.97 Å². The SMILES string of the molecule is COC(=O)c1cn2c(-c3ccc(F)cc3)ncc2c(OC)n1.COc1nc(I)cn2c(-c3ccc(F)cc3)ncc12. The molecule has 13 heteroatoms. The summed E-state index contributed by atoms with van der Waals surface area (Å²) in [5.74, 6) is 0.863. The van der Waals surface area contributed by atoms with Crippen molar-refractivity contribution in [3.05, 3.63) is 94.3 Å². The highest BCUT2D eigenvalue weighted by Gasteiger charge is 2.17. The lowest BCUT2D eigenvalue weighted by Crippen LogP contribution is -2.08. The largest absolute Gasteiger partial charge is 0.479 e. The third-order valence-electron chi connectivity index (χ3n) is 5.94. The summed E-state index contributed by atoms with van der Waals surface area (Å²) >= 11 is 2.12. The van der Waals surface area contributed by atoms with Crippen LogP contribution in [0.3, 0.4) is 0 Å². The number of hydrogen-bond donors (Lipinski definition) is 0. The Balaban J connectivity index is 0.000000166. The summed E-state index contributed by atoms with van der Waals surface area (Å²) in [5.41, 5.74) is 3.00. The Hall–Kier alpha value is -4.66. The zero-order valence-electron chi connectivity index (χ0n) is 21.9. The lowest BCUT2D eigenvalue weighted by atomic mass is 10.2. The van der Waals surface area contributed by atoms with E-state index in [4.69, 9.17) is 9.47 Å². The van der Waals surface area contributed by atoms with Gasteiger partial charge in [-0.25, -0.2) is 33.5 Å². The maximum atomic E-state index is 13.1. The van der Waals surface area contributed by atoms with Crippen LogP contribution in [-0.2, 0) is 4.74 Å². The Bertz CT molecular complexity index is 1860. The maximum absolute atomic E-state index is 13.1. The Kier molecular flexibility index (Phi) is 8.05. The van der Waals surface area contributed by atoms with Crippen LogP contribution in [0.15, 0.2) is 73.3 Å². The van der Waals surface area contributed by atoms with Gasteiger partial charge in [-0.15, -0.1) is 0 Å². The molecule has 4 heterocycles. The molecule has 0 saturated carbocycles. The van der Waals surface area contributed by atoms with E-state index in [1.54, 1.807) is 48.2 Å². The second-order valence-corrected chi connectivity index (χ2v) is 9.49. The molecule has 0 N–H and O–H groups in total. The number of benzene rings is 2. The fourth-order valence-electron chi connectivity index (χ4n) is 4.04. The van der Waals surface area contributed by atoms with E-state index in [1.165, 1.54) is 44.7 Å². The molecule has 0 radical (unpaired) electrons. The van der Waals surface area contributed by atoms with Gasteiger partial charge in [-0.1, -0.05) is 0 Å². The average molecular weight is 670 g/mol. The standard InChI is InChI=1S/C15H12FN3O3.C13H9FIN3O/c1-21-14-12-7-17-13(9-3-5-10(16)6-4-9)19(12)8-11(18-14)15(20)22-2;1-19-13-10-6-16-12(18(10)7-11(15)17-13)8-2-4-9(14)5-3-8/h3-8H,1-2H3;2-7H,1H3. The molecule has 0 aliphatic heterocycles. The van der Waals surface area contributed by atoms with Crippen molar-refractivity contribution in [2.45, 2.75) is 0 Å². The number of carbonyl (C=O) groups is 1. The number of carbonyl (C=O) groups excluding carboxylic acids is 1. The van der Waals surface area contributed by atoms with Gasteiger partial charge in [0.25, 0.3) is 0 Å². The fourth-order valence-corrected chi connectivity index (χ4v) is 4.53. The van der Waals surface area contributed by atoms with Crippen molar-refractivity contribution in [2.75, 3.05) is 21.3 Å². The molecule has 2 aromatic carbocycles. The highest BCUT2D eigenvalue weighted by Crippen LogP contribution is 2.27. The molecule has 0 amide bonds. The topological polar surface area (TPSA) is 105 Å². The molecule has 208 valence electrons. The quantitative estimate of drug-likeness (QED) is 0.176. The summed E-state index contributed by atoms with van der Waals surface area (Å²) < 4.78 is 45.5. The number of hydrogen-bond acceptors (Lipinski definition) is 8. The van der Waals surface area contributed by atoms with Crippen molar-refractivity contribution in [1.29, 1.82) is 0 Å². The van der Waals surface area contributed by atoms with Gasteiger partial charge in [0.15, 0.2) is 5.69 Å². The smallest absolute Gasteiger partial charge is 0.358 e. The third kappa shape index (κ3) is 5.66. The number of nitrogens with zero attached hydrogens (tertiary/aromatic N) is 6. The number of methoxy groups -OCH3 is 3. The Morgan fingerprint density at radius 1 is 0.732 bits per heavy atom. The first-order valence-corrected chi connectivity index (χ1v) is 13.0. The highest BCUT2D eigenvalue weighted by atomic mass is 127. The van der Waals surface area contributed by atoms with E-state index >= 15 is 0 Å². The van der Waals surface area contributed by atoms with Gasteiger partial charge < -0.3 is 14.2 Å². The number of fused-ring (bicyclic) bond motifs is 2. The van der Waals surface area contributed by atoms with Crippen molar-refractivity contribution in [2.24, 2.45) is 0 Å². The second kappa shape index (κ2) is 11.8. The molecule has 6 aromatic rings. The van der Waals surface area contributed by atoms with E-state index in [9.17, 15) is 13.6 Å². The monoisotopic (exact) mass is 670 g/mol. The Labute approximate surface area is 245 Å². The molecule has 10 nitrogen and oxygen atoms in total. The summed E-state index contributed by atoms with van der Waals surface area (Å²) in [4.78, 5) is 28.8. The lowest BCUT2D eigenvalue weighted by molar-refractivity contribution is 0.0592. The second-order valence-electron chi connectivity index (χ2n) is 8.39. The van der Waals surface area contributed by atoms with E-state index in [-0.39, 0.29) is 23.2 Å². The molecule has 41 heavy (non-hydrogen) atoms. The zero-order chi connectivity index (χ0) is 29.1. The average Bonchev–Trinajstić information content (AvgIpc) is 3.61. The lowest BCUT2D eigenvalue weighted by Gasteiger charge is -2.07. The van der Waals surface area contributed by atoms with Crippen molar-refractivity contribution < 1.29 is 27.8 Å². The number of imidazole rings is 2. The molecule has 0 atom stereocenters. The summed E-state index contributed by atoms with van der Waals surface area (Å²) in [6, 6.07) is 12.1. The minimum Gasteiger partial charge on any atom is -0.479 e. The van der Waals surface area contributed by atoms with Crippen LogP contribution in [0.1, 0.15) is 10.5 Å². The zero-order valence-corrected chi connectivity index (χ0v) is 24.0. The molecule has 0 unspecified atom stereocenters. The molecule has 0 aliphatic carbocycles. The summed E-state index contributed by atoms with van der Waals surface area (Å²) in [5, 5.41) is 0. The van der Waals surface area contributed by atoms with Crippen molar-refractivity contribution >= 4 is 39.6 Å². The van der Waals surface area contributed by atoms with Crippen LogP contribution >= 0.6 is 22.6 Å². The third-order valence-corrected chi connectivity index (χ3v) is 6.46.